The fourth-order valence-electron chi connectivity index (χ4n) is 2.28. The smallest absolute Gasteiger partial charge is 0.261 e. The van der Waals surface area contributed by atoms with Crippen LogP contribution in [0.3, 0.4) is 0 Å². The Balaban J connectivity index is 1.51. The Morgan fingerprint density at radius 1 is 0.808 bits per heavy atom. The van der Waals surface area contributed by atoms with Crippen molar-refractivity contribution < 1.29 is 28.5 Å². The maximum absolute atomic E-state index is 12.1. The number of halogens is 1. The first kappa shape index (κ1) is 20.2. The van der Waals surface area contributed by atoms with Crippen LogP contribution in [-0.4, -0.2) is 68.8 Å². The minimum atomic E-state index is -0.290. The Morgan fingerprint density at radius 2 is 1.35 bits per heavy atom. The van der Waals surface area contributed by atoms with Gasteiger partial charge in [-0.25, -0.2) is 0 Å². The quantitative estimate of drug-likeness (QED) is 0.225. The average Bonchev–Trinajstić information content (AvgIpc) is 2.90. The number of carbonyl (C=O) groups excluding carboxylic acids is 2. The Morgan fingerprint density at radius 3 is 1.96 bits per heavy atom. The lowest BCUT2D eigenvalue weighted by atomic mass is 10.1. The lowest BCUT2D eigenvalue weighted by Gasteiger charge is -2.12. The van der Waals surface area contributed by atoms with Gasteiger partial charge in [0.1, 0.15) is 25.7 Å². The second-order valence-electron chi connectivity index (χ2n) is 5.24. The summed E-state index contributed by atoms with van der Waals surface area (Å²) in [6.45, 7) is 2.70. The summed E-state index contributed by atoms with van der Waals surface area (Å²) in [6, 6.07) is 6.77. The van der Waals surface area contributed by atoms with E-state index in [2.05, 4.69) is 0 Å². The van der Waals surface area contributed by atoms with Crippen molar-refractivity contribution in [3.63, 3.8) is 0 Å². The van der Waals surface area contributed by atoms with Crippen molar-refractivity contribution in [3.8, 4) is 0 Å². The predicted molar refractivity (Wildman–Crippen MR) is 95.2 cm³/mol. The molecule has 1 aromatic rings. The SMILES string of the molecule is O=C1c2ccccc2C(=O)N1CCO/C=C/OCCOCCOCCCl. The van der Waals surface area contributed by atoms with E-state index in [1.165, 1.54) is 17.4 Å². The highest BCUT2D eigenvalue weighted by molar-refractivity contribution is 6.21. The molecule has 0 fully saturated rings. The molecule has 142 valence electrons. The van der Waals surface area contributed by atoms with E-state index < -0.39 is 0 Å². The number of nitrogens with zero attached hydrogens (tertiary/aromatic N) is 1. The molecule has 0 spiro atoms. The average molecular weight is 384 g/mol. The molecule has 0 radical (unpaired) electrons. The lowest BCUT2D eigenvalue weighted by molar-refractivity contribution is 0.0337. The Hall–Kier alpha value is -2.09. The van der Waals surface area contributed by atoms with Gasteiger partial charge in [-0.2, -0.15) is 0 Å². The van der Waals surface area contributed by atoms with Crippen LogP contribution in [0.5, 0.6) is 0 Å². The molecule has 1 heterocycles. The fourth-order valence-corrected chi connectivity index (χ4v) is 2.39. The number of amides is 2. The number of imide groups is 1. The van der Waals surface area contributed by atoms with Crippen LogP contribution >= 0.6 is 11.6 Å². The van der Waals surface area contributed by atoms with Crippen molar-refractivity contribution in [2.24, 2.45) is 0 Å². The van der Waals surface area contributed by atoms with E-state index in [0.29, 0.717) is 50.0 Å². The van der Waals surface area contributed by atoms with E-state index in [9.17, 15) is 9.59 Å². The summed E-state index contributed by atoms with van der Waals surface area (Å²) in [6.07, 6.45) is 2.78. The molecule has 0 unspecified atom stereocenters. The van der Waals surface area contributed by atoms with Crippen LogP contribution in [0.25, 0.3) is 0 Å². The van der Waals surface area contributed by atoms with Gasteiger partial charge in [-0.1, -0.05) is 12.1 Å². The van der Waals surface area contributed by atoms with Crippen LogP contribution in [0, 0.1) is 0 Å². The van der Waals surface area contributed by atoms with E-state index >= 15 is 0 Å². The first-order valence-corrected chi connectivity index (χ1v) is 8.84. The zero-order valence-electron chi connectivity index (χ0n) is 14.4. The molecule has 2 amide bonds. The predicted octanol–water partition coefficient (Wildman–Crippen LogP) is 2.06. The number of benzene rings is 1. The van der Waals surface area contributed by atoms with Crippen molar-refractivity contribution in [3.05, 3.63) is 47.9 Å². The van der Waals surface area contributed by atoms with Crippen LogP contribution in [0.2, 0.25) is 0 Å². The highest BCUT2D eigenvalue weighted by atomic mass is 35.5. The van der Waals surface area contributed by atoms with Crippen LogP contribution in [0.4, 0.5) is 0 Å². The summed E-state index contributed by atoms with van der Waals surface area (Å²) in [7, 11) is 0. The largest absolute Gasteiger partial charge is 0.496 e. The number of rotatable bonds is 13. The molecular formula is C18H22ClNO6. The molecular weight excluding hydrogens is 362 g/mol. The number of hydrogen-bond donors (Lipinski definition) is 0. The third-order valence-corrected chi connectivity index (χ3v) is 3.65. The summed E-state index contributed by atoms with van der Waals surface area (Å²) >= 11 is 5.47. The van der Waals surface area contributed by atoms with Crippen molar-refractivity contribution in [1.29, 1.82) is 0 Å². The van der Waals surface area contributed by atoms with Gasteiger partial charge < -0.3 is 18.9 Å². The number of ether oxygens (including phenoxy) is 4. The van der Waals surface area contributed by atoms with Gasteiger partial charge in [-0.15, -0.1) is 11.6 Å². The maximum Gasteiger partial charge on any atom is 0.261 e. The zero-order valence-corrected chi connectivity index (χ0v) is 15.2. The molecule has 0 aliphatic carbocycles. The van der Waals surface area contributed by atoms with E-state index in [4.69, 9.17) is 30.5 Å². The van der Waals surface area contributed by atoms with Crippen LogP contribution in [-0.2, 0) is 18.9 Å². The second-order valence-corrected chi connectivity index (χ2v) is 5.61. The third-order valence-electron chi connectivity index (χ3n) is 3.50. The minimum absolute atomic E-state index is 0.183. The molecule has 8 heteroatoms. The van der Waals surface area contributed by atoms with Crippen LogP contribution in [0.15, 0.2) is 36.8 Å². The molecule has 2 rings (SSSR count). The molecule has 0 aromatic heterocycles. The van der Waals surface area contributed by atoms with Gasteiger partial charge in [0.15, 0.2) is 0 Å². The van der Waals surface area contributed by atoms with Crippen molar-refractivity contribution in [1.82, 2.24) is 4.90 Å². The minimum Gasteiger partial charge on any atom is -0.496 e. The normalized spacial score (nSPS) is 13.5. The fraction of sp³-hybridized carbons (Fsp3) is 0.444. The van der Waals surface area contributed by atoms with Crippen molar-refractivity contribution in [2.75, 3.05) is 52.1 Å². The van der Waals surface area contributed by atoms with E-state index in [1.807, 2.05) is 0 Å². The molecule has 0 atom stereocenters. The highest BCUT2D eigenvalue weighted by Gasteiger charge is 2.34. The van der Waals surface area contributed by atoms with Gasteiger partial charge in [-0.05, 0) is 12.1 Å². The Labute approximate surface area is 157 Å². The number of fused-ring (bicyclic) bond motifs is 1. The van der Waals surface area contributed by atoms with Crippen molar-refractivity contribution in [2.45, 2.75) is 0 Å². The topological polar surface area (TPSA) is 74.3 Å². The second kappa shape index (κ2) is 11.5. The summed E-state index contributed by atoms with van der Waals surface area (Å²) in [4.78, 5) is 25.4. The van der Waals surface area contributed by atoms with Gasteiger partial charge in [-0.3, -0.25) is 14.5 Å². The summed E-state index contributed by atoms with van der Waals surface area (Å²) in [5, 5.41) is 0. The molecule has 1 aromatic carbocycles. The first-order valence-electron chi connectivity index (χ1n) is 8.30. The lowest BCUT2D eigenvalue weighted by Crippen LogP contribution is -2.32. The van der Waals surface area contributed by atoms with E-state index in [0.717, 1.165) is 0 Å². The highest BCUT2D eigenvalue weighted by Crippen LogP contribution is 2.21. The summed E-state index contributed by atoms with van der Waals surface area (Å²) < 4.78 is 20.9. The van der Waals surface area contributed by atoms with Crippen LogP contribution in [0.1, 0.15) is 20.7 Å². The molecule has 1 aliphatic rings. The number of hydrogen-bond acceptors (Lipinski definition) is 6. The Kier molecular flexibility index (Phi) is 8.95. The Bertz CT molecular complexity index is 586. The number of carbonyl (C=O) groups is 2. The molecule has 26 heavy (non-hydrogen) atoms. The van der Waals surface area contributed by atoms with Gasteiger partial charge in [0.2, 0.25) is 0 Å². The van der Waals surface area contributed by atoms with Gasteiger partial charge in [0, 0.05) is 5.88 Å². The monoisotopic (exact) mass is 383 g/mol. The zero-order chi connectivity index (χ0) is 18.6. The molecule has 0 bridgehead atoms. The first-order chi connectivity index (χ1) is 12.8. The molecule has 0 saturated carbocycles. The molecule has 0 saturated heterocycles. The van der Waals surface area contributed by atoms with E-state index in [-0.39, 0.29) is 25.0 Å². The summed E-state index contributed by atoms with van der Waals surface area (Å²) in [5.41, 5.74) is 0.869. The molecule has 0 N–H and O–H groups in total. The maximum atomic E-state index is 12.1. The van der Waals surface area contributed by atoms with Gasteiger partial charge in [0.25, 0.3) is 11.8 Å². The van der Waals surface area contributed by atoms with Crippen LogP contribution < -0.4 is 0 Å². The summed E-state index contributed by atoms with van der Waals surface area (Å²) in [5.74, 6) is -0.107. The van der Waals surface area contributed by atoms with Crippen molar-refractivity contribution >= 4 is 23.4 Å². The van der Waals surface area contributed by atoms with E-state index in [1.54, 1.807) is 24.3 Å². The standard InChI is InChI=1S/C18H22ClNO6/c19-5-7-23-9-11-25-13-14-26-12-10-24-8-6-20-17(21)15-3-1-2-4-16(15)18(20)22/h1-4,10,12H,5-9,11,13-14H2/b12-10+. The number of alkyl halides is 1. The third kappa shape index (κ3) is 6.01. The van der Waals surface area contributed by atoms with Gasteiger partial charge >= 0.3 is 0 Å². The van der Waals surface area contributed by atoms with Gasteiger partial charge in [0.05, 0.1) is 44.1 Å². The molecule has 1 aliphatic heterocycles. The molecule has 7 nitrogen and oxygen atoms in total.